The number of carbonyl (C=O) groups is 2. The van der Waals surface area contributed by atoms with Crippen LogP contribution in [0.3, 0.4) is 0 Å². The molecule has 7 heteroatoms. The van der Waals surface area contributed by atoms with Gasteiger partial charge in [0.25, 0.3) is 5.95 Å². The van der Waals surface area contributed by atoms with Crippen molar-refractivity contribution in [2.24, 2.45) is 11.8 Å². The van der Waals surface area contributed by atoms with Crippen LogP contribution >= 0.6 is 0 Å². The van der Waals surface area contributed by atoms with Gasteiger partial charge in [-0.1, -0.05) is 42.5 Å². The molecule has 1 aromatic heterocycles. The second kappa shape index (κ2) is 6.04. The van der Waals surface area contributed by atoms with Gasteiger partial charge in [0.15, 0.2) is 0 Å². The first-order chi connectivity index (χ1) is 13.1. The van der Waals surface area contributed by atoms with Gasteiger partial charge in [0.05, 0.1) is 17.9 Å². The molecule has 1 saturated heterocycles. The van der Waals surface area contributed by atoms with Crippen LogP contribution in [0.1, 0.15) is 37.8 Å². The minimum absolute atomic E-state index is 0.0236. The van der Waals surface area contributed by atoms with E-state index in [-0.39, 0.29) is 41.7 Å². The Morgan fingerprint density at radius 1 is 1.04 bits per heavy atom. The zero-order chi connectivity index (χ0) is 18.5. The van der Waals surface area contributed by atoms with E-state index in [4.69, 9.17) is 0 Å². The Hall–Kier alpha value is -2.96. The average molecular weight is 363 g/mol. The molecule has 3 aliphatic rings. The van der Waals surface area contributed by atoms with Crippen LogP contribution in [0, 0.1) is 11.8 Å². The second-order valence-corrected chi connectivity index (χ2v) is 7.56. The highest BCUT2D eigenvalue weighted by Crippen LogP contribution is 2.38. The highest BCUT2D eigenvalue weighted by atomic mass is 16.2. The predicted octanol–water partition coefficient (Wildman–Crippen LogP) is 2.53. The van der Waals surface area contributed by atoms with E-state index in [2.05, 4.69) is 34.5 Å². The second-order valence-electron chi connectivity index (χ2n) is 7.56. The summed E-state index contributed by atoms with van der Waals surface area (Å²) in [5.41, 5.74) is 1.14. The number of imide groups is 1. The van der Waals surface area contributed by atoms with Crippen LogP contribution in [0.5, 0.6) is 0 Å². The van der Waals surface area contributed by atoms with Crippen LogP contribution in [0.15, 0.2) is 42.5 Å². The molecular weight excluding hydrogens is 342 g/mol. The largest absolute Gasteiger partial charge is 0.352 e. The number of fused-ring (bicyclic) bond motifs is 2. The first kappa shape index (κ1) is 16.2. The van der Waals surface area contributed by atoms with Gasteiger partial charge in [-0.15, -0.1) is 5.10 Å². The Morgan fingerprint density at radius 2 is 1.70 bits per heavy atom. The number of amides is 2. The molecule has 1 fully saturated rings. The molecule has 138 valence electrons. The molecule has 2 aliphatic heterocycles. The third-order valence-electron chi connectivity index (χ3n) is 5.76. The van der Waals surface area contributed by atoms with E-state index in [1.807, 2.05) is 35.0 Å². The topological polar surface area (TPSA) is 80.1 Å². The van der Waals surface area contributed by atoms with Gasteiger partial charge in [-0.05, 0) is 31.7 Å². The molecule has 2 amide bonds. The number of aromatic nitrogens is 3. The van der Waals surface area contributed by atoms with E-state index in [1.165, 1.54) is 4.90 Å². The van der Waals surface area contributed by atoms with Crippen molar-refractivity contribution < 1.29 is 9.59 Å². The molecule has 5 rings (SSSR count). The number of hydrogen-bond donors (Lipinski definition) is 1. The minimum atomic E-state index is -0.278. The summed E-state index contributed by atoms with van der Waals surface area (Å²) in [6.07, 6.45) is 6.05. The number of allylic oxidation sites excluding steroid dienone is 2. The van der Waals surface area contributed by atoms with Crippen LogP contribution in [-0.2, 0) is 9.59 Å². The molecule has 1 N–H and O–H groups in total. The van der Waals surface area contributed by atoms with Gasteiger partial charge in [0.2, 0.25) is 17.8 Å². The summed E-state index contributed by atoms with van der Waals surface area (Å²) in [6.45, 7) is 2.10. The van der Waals surface area contributed by atoms with Crippen molar-refractivity contribution in [3.63, 3.8) is 0 Å². The highest BCUT2D eigenvalue weighted by Gasteiger charge is 2.49. The van der Waals surface area contributed by atoms with Crippen LogP contribution in [0.4, 0.5) is 11.9 Å². The van der Waals surface area contributed by atoms with Crippen LogP contribution in [0.2, 0.25) is 0 Å². The fourth-order valence-electron chi connectivity index (χ4n) is 4.39. The van der Waals surface area contributed by atoms with E-state index in [0.717, 1.165) is 12.0 Å². The molecule has 0 radical (unpaired) electrons. The van der Waals surface area contributed by atoms with Gasteiger partial charge in [-0.25, -0.2) is 9.58 Å². The van der Waals surface area contributed by atoms with Crippen molar-refractivity contribution in [1.82, 2.24) is 14.8 Å². The number of carbonyl (C=O) groups excluding carboxylic acids is 2. The number of rotatable bonds is 2. The van der Waals surface area contributed by atoms with Crippen molar-refractivity contribution in [2.75, 3.05) is 10.2 Å². The lowest BCUT2D eigenvalue weighted by atomic mass is 9.85. The van der Waals surface area contributed by atoms with Crippen LogP contribution in [0.25, 0.3) is 0 Å². The molecule has 7 nitrogen and oxygen atoms in total. The summed E-state index contributed by atoms with van der Waals surface area (Å²) in [5, 5.41) is 7.91. The monoisotopic (exact) mass is 363 g/mol. The summed E-state index contributed by atoms with van der Waals surface area (Å²) in [5.74, 6) is -0.119. The van der Waals surface area contributed by atoms with Gasteiger partial charge in [0, 0.05) is 6.04 Å². The number of nitrogens with zero attached hydrogens (tertiary/aromatic N) is 4. The summed E-state index contributed by atoms with van der Waals surface area (Å²) in [6, 6.07) is 10.4. The first-order valence-electron chi connectivity index (χ1n) is 9.44. The Balaban J connectivity index is 1.53. The third-order valence-corrected chi connectivity index (χ3v) is 5.76. The van der Waals surface area contributed by atoms with Crippen molar-refractivity contribution in [3.05, 3.63) is 48.0 Å². The maximum absolute atomic E-state index is 12.8. The van der Waals surface area contributed by atoms with Crippen molar-refractivity contribution in [3.8, 4) is 0 Å². The summed E-state index contributed by atoms with van der Waals surface area (Å²) < 4.78 is 1.81. The molecule has 0 spiro atoms. The van der Waals surface area contributed by atoms with Crippen LogP contribution in [-0.4, -0.2) is 32.6 Å². The van der Waals surface area contributed by atoms with Crippen LogP contribution < -0.4 is 10.2 Å². The molecule has 0 bridgehead atoms. The average Bonchev–Trinajstić information content (AvgIpc) is 3.21. The third kappa shape index (κ3) is 2.49. The lowest BCUT2D eigenvalue weighted by Crippen LogP contribution is -2.32. The van der Waals surface area contributed by atoms with E-state index in [0.29, 0.717) is 18.8 Å². The Labute approximate surface area is 157 Å². The number of nitrogens with one attached hydrogen (secondary N) is 1. The fourth-order valence-corrected chi connectivity index (χ4v) is 4.39. The Bertz CT molecular complexity index is 909. The molecule has 0 unspecified atom stereocenters. The van der Waals surface area contributed by atoms with Crippen molar-refractivity contribution in [1.29, 1.82) is 0 Å². The molecule has 1 aliphatic carbocycles. The molecule has 2 aromatic rings. The van der Waals surface area contributed by atoms with E-state index in [9.17, 15) is 9.59 Å². The maximum Gasteiger partial charge on any atom is 0.260 e. The van der Waals surface area contributed by atoms with Gasteiger partial charge >= 0.3 is 0 Å². The highest BCUT2D eigenvalue weighted by molar-refractivity contribution is 6.21. The molecule has 4 atom stereocenters. The van der Waals surface area contributed by atoms with Gasteiger partial charge in [-0.2, -0.15) is 4.98 Å². The summed E-state index contributed by atoms with van der Waals surface area (Å²) >= 11 is 0. The normalized spacial score (nSPS) is 29.4. The number of hydrogen-bond acceptors (Lipinski definition) is 5. The van der Waals surface area contributed by atoms with E-state index in [1.54, 1.807) is 0 Å². The summed E-state index contributed by atoms with van der Waals surface area (Å²) in [4.78, 5) is 31.4. The van der Waals surface area contributed by atoms with E-state index < -0.39 is 0 Å². The van der Waals surface area contributed by atoms with Gasteiger partial charge < -0.3 is 5.32 Å². The van der Waals surface area contributed by atoms with E-state index >= 15 is 0 Å². The maximum atomic E-state index is 12.8. The number of benzene rings is 1. The zero-order valence-corrected chi connectivity index (χ0v) is 15.1. The lowest BCUT2D eigenvalue weighted by molar-refractivity contribution is -0.122. The molecular formula is C20H21N5O2. The lowest BCUT2D eigenvalue weighted by Gasteiger charge is -2.29. The first-order valence-corrected chi connectivity index (χ1v) is 9.44. The Kier molecular flexibility index (Phi) is 3.63. The van der Waals surface area contributed by atoms with Crippen molar-refractivity contribution >= 4 is 23.7 Å². The van der Waals surface area contributed by atoms with Crippen molar-refractivity contribution in [2.45, 2.75) is 38.3 Å². The SMILES string of the molecule is C[C@H]1C[C@@H](c2ccccc2)n2nc(N3C(=O)[C@H]4CC=CC[C@H]4C3=O)nc2N1. The molecule has 3 heterocycles. The quantitative estimate of drug-likeness (QED) is 0.655. The summed E-state index contributed by atoms with van der Waals surface area (Å²) in [7, 11) is 0. The predicted molar refractivity (Wildman–Crippen MR) is 100 cm³/mol. The molecule has 1 aromatic carbocycles. The fraction of sp³-hybridized carbons (Fsp3) is 0.400. The Morgan fingerprint density at radius 3 is 2.37 bits per heavy atom. The zero-order valence-electron chi connectivity index (χ0n) is 15.1. The van der Waals surface area contributed by atoms with Gasteiger partial charge in [0.1, 0.15) is 0 Å². The molecule has 27 heavy (non-hydrogen) atoms. The number of anilines is 2. The van der Waals surface area contributed by atoms with Gasteiger partial charge in [-0.3, -0.25) is 9.59 Å². The molecule has 0 saturated carbocycles. The smallest absolute Gasteiger partial charge is 0.260 e. The minimum Gasteiger partial charge on any atom is -0.352 e. The standard InChI is InChI=1S/C20H21N5O2/c1-12-11-16(13-7-3-2-4-8-13)25-19(21-12)22-20(23-25)24-17(26)14-9-5-6-10-15(14)18(24)27/h2-8,12,14-16H,9-11H2,1H3,(H,21,22,23)/t12-,14-,15+,16-/m0/s1.